The van der Waals surface area contributed by atoms with Gasteiger partial charge in [-0.3, -0.25) is 0 Å². The fraction of sp³-hybridized carbons (Fsp3) is 0.562. The SMILES string of the molecule is CCOC(=O)C(O)c1ccc(OC)c(OC2CCCNC2)c1. The molecule has 1 aliphatic heterocycles. The number of methoxy groups -OCH3 is 1. The van der Waals surface area contributed by atoms with E-state index in [2.05, 4.69) is 5.32 Å². The Bertz CT molecular complexity index is 499. The summed E-state index contributed by atoms with van der Waals surface area (Å²) in [6.45, 7) is 3.69. The van der Waals surface area contributed by atoms with E-state index in [0.717, 1.165) is 25.9 Å². The van der Waals surface area contributed by atoms with Crippen LogP contribution in [0.1, 0.15) is 31.4 Å². The summed E-state index contributed by atoms with van der Waals surface area (Å²) in [5, 5.41) is 13.3. The molecule has 2 unspecified atom stereocenters. The summed E-state index contributed by atoms with van der Waals surface area (Å²) >= 11 is 0. The minimum atomic E-state index is -1.32. The molecule has 1 heterocycles. The molecular formula is C16H23NO5. The van der Waals surface area contributed by atoms with Crippen molar-refractivity contribution in [3.63, 3.8) is 0 Å². The van der Waals surface area contributed by atoms with E-state index in [1.807, 2.05) is 0 Å². The molecular weight excluding hydrogens is 286 g/mol. The number of aliphatic hydroxyl groups is 1. The maximum absolute atomic E-state index is 11.6. The van der Waals surface area contributed by atoms with E-state index in [0.29, 0.717) is 17.1 Å². The van der Waals surface area contributed by atoms with Crippen LogP contribution < -0.4 is 14.8 Å². The standard InChI is InChI=1S/C16H23NO5/c1-3-21-16(19)15(18)11-6-7-13(20-2)14(9-11)22-12-5-4-8-17-10-12/h6-7,9,12,15,17-18H,3-5,8,10H2,1-2H3. The van der Waals surface area contributed by atoms with E-state index in [4.69, 9.17) is 14.2 Å². The lowest BCUT2D eigenvalue weighted by Crippen LogP contribution is -2.37. The first kappa shape index (κ1) is 16.6. The zero-order valence-corrected chi connectivity index (χ0v) is 13.0. The number of piperidine rings is 1. The van der Waals surface area contributed by atoms with Crippen molar-refractivity contribution in [2.45, 2.75) is 32.0 Å². The van der Waals surface area contributed by atoms with Crippen molar-refractivity contribution in [1.29, 1.82) is 0 Å². The van der Waals surface area contributed by atoms with Gasteiger partial charge in [0.25, 0.3) is 0 Å². The maximum Gasteiger partial charge on any atom is 0.339 e. The van der Waals surface area contributed by atoms with Gasteiger partial charge in [0.05, 0.1) is 13.7 Å². The van der Waals surface area contributed by atoms with Crippen LogP contribution in [0.5, 0.6) is 11.5 Å². The van der Waals surface area contributed by atoms with Crippen LogP contribution in [-0.2, 0) is 9.53 Å². The third kappa shape index (κ3) is 4.11. The van der Waals surface area contributed by atoms with E-state index >= 15 is 0 Å². The first-order valence-corrected chi connectivity index (χ1v) is 7.55. The molecule has 6 nitrogen and oxygen atoms in total. The molecule has 1 aromatic rings. The van der Waals surface area contributed by atoms with Crippen molar-refractivity contribution in [3.05, 3.63) is 23.8 Å². The first-order chi connectivity index (χ1) is 10.7. The van der Waals surface area contributed by atoms with Gasteiger partial charge in [-0.1, -0.05) is 6.07 Å². The lowest BCUT2D eigenvalue weighted by Gasteiger charge is -2.25. The molecule has 6 heteroatoms. The highest BCUT2D eigenvalue weighted by Crippen LogP contribution is 2.32. The zero-order chi connectivity index (χ0) is 15.9. The quantitative estimate of drug-likeness (QED) is 0.774. The molecule has 22 heavy (non-hydrogen) atoms. The number of aliphatic hydroxyl groups excluding tert-OH is 1. The second-order valence-corrected chi connectivity index (χ2v) is 5.15. The summed E-state index contributed by atoms with van der Waals surface area (Å²) in [5.74, 6) is 0.431. The largest absolute Gasteiger partial charge is 0.493 e. The van der Waals surface area contributed by atoms with Crippen LogP contribution in [0.4, 0.5) is 0 Å². The smallest absolute Gasteiger partial charge is 0.339 e. The summed E-state index contributed by atoms with van der Waals surface area (Å²) in [5.41, 5.74) is 0.429. The minimum Gasteiger partial charge on any atom is -0.493 e. The number of nitrogens with one attached hydrogen (secondary N) is 1. The molecule has 0 radical (unpaired) electrons. The van der Waals surface area contributed by atoms with Gasteiger partial charge >= 0.3 is 5.97 Å². The lowest BCUT2D eigenvalue weighted by molar-refractivity contribution is -0.153. The van der Waals surface area contributed by atoms with Crippen LogP contribution in [0.3, 0.4) is 0 Å². The molecule has 1 fully saturated rings. The van der Waals surface area contributed by atoms with Crippen LogP contribution in [0, 0.1) is 0 Å². The van der Waals surface area contributed by atoms with Gasteiger partial charge in [-0.25, -0.2) is 4.79 Å². The van der Waals surface area contributed by atoms with Gasteiger partial charge in [0.1, 0.15) is 6.10 Å². The third-order valence-corrected chi connectivity index (χ3v) is 3.56. The van der Waals surface area contributed by atoms with Crippen LogP contribution in [0.2, 0.25) is 0 Å². The molecule has 1 aromatic carbocycles. The fourth-order valence-electron chi connectivity index (χ4n) is 2.41. The molecule has 0 amide bonds. The van der Waals surface area contributed by atoms with Gasteiger partial charge in [0.15, 0.2) is 17.6 Å². The maximum atomic E-state index is 11.6. The first-order valence-electron chi connectivity index (χ1n) is 7.55. The van der Waals surface area contributed by atoms with Gasteiger partial charge in [-0.2, -0.15) is 0 Å². The Morgan fingerprint density at radius 1 is 1.45 bits per heavy atom. The van der Waals surface area contributed by atoms with Crippen molar-refractivity contribution in [3.8, 4) is 11.5 Å². The summed E-state index contributed by atoms with van der Waals surface area (Å²) < 4.78 is 16.1. The molecule has 2 rings (SSSR count). The van der Waals surface area contributed by atoms with Crippen molar-refractivity contribution < 1.29 is 24.1 Å². The predicted molar refractivity (Wildman–Crippen MR) is 81.1 cm³/mol. The summed E-state index contributed by atoms with van der Waals surface area (Å²) in [4.78, 5) is 11.6. The average molecular weight is 309 g/mol. The van der Waals surface area contributed by atoms with Gasteiger partial charge < -0.3 is 24.6 Å². The zero-order valence-electron chi connectivity index (χ0n) is 13.0. The molecule has 2 N–H and O–H groups in total. The minimum absolute atomic E-state index is 0.0534. The average Bonchev–Trinajstić information content (AvgIpc) is 2.55. The summed E-state index contributed by atoms with van der Waals surface area (Å²) in [6, 6.07) is 4.95. The van der Waals surface area contributed by atoms with Gasteiger partial charge in [-0.05, 0) is 44.0 Å². The van der Waals surface area contributed by atoms with Crippen molar-refractivity contribution in [1.82, 2.24) is 5.32 Å². The second kappa shape index (κ2) is 8.00. The molecule has 0 spiro atoms. The Labute approximate surface area is 130 Å². The third-order valence-electron chi connectivity index (χ3n) is 3.56. The second-order valence-electron chi connectivity index (χ2n) is 5.15. The Morgan fingerprint density at radius 2 is 2.27 bits per heavy atom. The van der Waals surface area contributed by atoms with Crippen molar-refractivity contribution in [2.24, 2.45) is 0 Å². The normalized spacial score (nSPS) is 19.3. The van der Waals surface area contributed by atoms with Gasteiger partial charge in [0, 0.05) is 6.54 Å². The van der Waals surface area contributed by atoms with Crippen LogP contribution in [0.15, 0.2) is 18.2 Å². The molecule has 1 aliphatic rings. The number of hydrogen-bond donors (Lipinski definition) is 2. The Hall–Kier alpha value is -1.79. The number of hydrogen-bond acceptors (Lipinski definition) is 6. The number of rotatable bonds is 6. The Balaban J connectivity index is 2.16. The van der Waals surface area contributed by atoms with Crippen LogP contribution in [0.25, 0.3) is 0 Å². The number of carbonyl (C=O) groups excluding carboxylic acids is 1. The van der Waals surface area contributed by atoms with Crippen molar-refractivity contribution in [2.75, 3.05) is 26.8 Å². The topological polar surface area (TPSA) is 77.0 Å². The van der Waals surface area contributed by atoms with E-state index in [-0.39, 0.29) is 12.7 Å². The molecule has 0 saturated carbocycles. The number of benzene rings is 1. The van der Waals surface area contributed by atoms with E-state index in [9.17, 15) is 9.90 Å². The summed E-state index contributed by atoms with van der Waals surface area (Å²) in [7, 11) is 1.56. The number of esters is 1. The number of ether oxygens (including phenoxy) is 3. The van der Waals surface area contributed by atoms with Crippen LogP contribution >= 0.6 is 0 Å². The van der Waals surface area contributed by atoms with E-state index in [1.54, 1.807) is 32.2 Å². The Kier molecular flexibility index (Phi) is 6.03. The molecule has 122 valence electrons. The summed E-state index contributed by atoms with van der Waals surface area (Å²) in [6.07, 6.45) is 0.745. The molecule has 0 aliphatic carbocycles. The fourth-order valence-corrected chi connectivity index (χ4v) is 2.41. The van der Waals surface area contributed by atoms with Gasteiger partial charge in [-0.15, -0.1) is 0 Å². The monoisotopic (exact) mass is 309 g/mol. The highest BCUT2D eigenvalue weighted by molar-refractivity contribution is 5.76. The van der Waals surface area contributed by atoms with E-state index < -0.39 is 12.1 Å². The highest BCUT2D eigenvalue weighted by Gasteiger charge is 2.22. The molecule has 2 atom stereocenters. The van der Waals surface area contributed by atoms with Gasteiger partial charge in [0.2, 0.25) is 0 Å². The lowest BCUT2D eigenvalue weighted by atomic mass is 10.1. The van der Waals surface area contributed by atoms with E-state index in [1.165, 1.54) is 0 Å². The molecule has 0 bridgehead atoms. The Morgan fingerprint density at radius 3 is 2.91 bits per heavy atom. The highest BCUT2D eigenvalue weighted by atomic mass is 16.5. The van der Waals surface area contributed by atoms with Crippen LogP contribution in [-0.4, -0.2) is 44.0 Å². The van der Waals surface area contributed by atoms with Crippen molar-refractivity contribution >= 4 is 5.97 Å². The predicted octanol–water partition coefficient (Wildman–Crippen LogP) is 1.42. The molecule has 0 aromatic heterocycles. The molecule has 1 saturated heterocycles. The number of carbonyl (C=O) groups is 1.